The van der Waals surface area contributed by atoms with Crippen LogP contribution in [0.25, 0.3) is 77.2 Å². The Kier molecular flexibility index (Phi) is 3.99. The van der Waals surface area contributed by atoms with Gasteiger partial charge in [0.05, 0.1) is 28.3 Å². The van der Waals surface area contributed by atoms with Crippen LogP contribution in [0.4, 0.5) is 0 Å². The maximum absolute atomic E-state index is 6.50. The van der Waals surface area contributed by atoms with Crippen molar-refractivity contribution in [3.05, 3.63) is 122 Å². The molecule has 0 radical (unpaired) electrons. The van der Waals surface area contributed by atoms with Gasteiger partial charge in [-0.05, 0) is 36.4 Å². The zero-order valence-electron chi connectivity index (χ0n) is 20.7. The number of nitrogens with zero attached hydrogens (tertiary/aromatic N) is 4. The summed E-state index contributed by atoms with van der Waals surface area (Å²) in [6.07, 6.45) is 3.71. The van der Waals surface area contributed by atoms with Crippen molar-refractivity contribution < 1.29 is 4.42 Å². The van der Waals surface area contributed by atoms with Gasteiger partial charge in [-0.15, -0.1) is 0 Å². The highest BCUT2D eigenvalue weighted by Crippen LogP contribution is 2.38. The molecule has 39 heavy (non-hydrogen) atoms. The lowest BCUT2D eigenvalue weighted by molar-refractivity contribution is 0.661. The molecule has 0 saturated heterocycles. The van der Waals surface area contributed by atoms with Gasteiger partial charge in [0, 0.05) is 38.5 Å². The Morgan fingerprint density at radius 3 is 1.56 bits per heavy atom. The predicted octanol–water partition coefficient (Wildman–Crippen LogP) is 8.57. The van der Waals surface area contributed by atoms with E-state index in [-0.39, 0.29) is 0 Å². The summed E-state index contributed by atoms with van der Waals surface area (Å²) in [7, 11) is 0. The van der Waals surface area contributed by atoms with Gasteiger partial charge in [0.25, 0.3) is 0 Å². The van der Waals surface area contributed by atoms with Gasteiger partial charge in [-0.1, -0.05) is 72.8 Å². The number of hydrogen-bond acceptors (Lipinski definition) is 3. The highest BCUT2D eigenvalue weighted by atomic mass is 16.3. The SMILES string of the molecule is c1ccc2c(c1)c1ccccc1n2-c1cc2c(cn1)oc1c(-n3c4ccccc4c4ccccc43)nccc12. The molecule has 5 heteroatoms. The van der Waals surface area contributed by atoms with Gasteiger partial charge < -0.3 is 4.42 Å². The van der Waals surface area contributed by atoms with Gasteiger partial charge in [0.2, 0.25) is 0 Å². The summed E-state index contributed by atoms with van der Waals surface area (Å²) < 4.78 is 10.9. The molecule has 0 aliphatic rings. The number of benzene rings is 4. The predicted molar refractivity (Wildman–Crippen MR) is 158 cm³/mol. The third kappa shape index (κ3) is 2.73. The minimum atomic E-state index is 0.740. The molecule has 0 N–H and O–H groups in total. The quantitative estimate of drug-likeness (QED) is 0.239. The molecule has 0 saturated carbocycles. The van der Waals surface area contributed by atoms with E-state index in [4.69, 9.17) is 14.4 Å². The van der Waals surface area contributed by atoms with E-state index in [2.05, 4.69) is 112 Å². The molecule has 5 nitrogen and oxygen atoms in total. The Morgan fingerprint density at radius 1 is 0.487 bits per heavy atom. The number of rotatable bonds is 2. The highest BCUT2D eigenvalue weighted by molar-refractivity contribution is 6.13. The molecule has 0 unspecified atom stereocenters. The smallest absolute Gasteiger partial charge is 0.181 e. The van der Waals surface area contributed by atoms with Gasteiger partial charge in [-0.2, -0.15) is 0 Å². The molecule has 0 aliphatic carbocycles. The highest BCUT2D eigenvalue weighted by Gasteiger charge is 2.20. The molecule has 5 aromatic heterocycles. The van der Waals surface area contributed by atoms with Gasteiger partial charge in [-0.25, -0.2) is 9.97 Å². The Hall–Kier alpha value is -5.42. The summed E-state index contributed by atoms with van der Waals surface area (Å²) >= 11 is 0. The minimum Gasteiger partial charge on any atom is -0.450 e. The maximum atomic E-state index is 6.50. The standard InChI is InChI=1S/C34H20N4O/c1-5-13-27-21(9-1)22-10-2-6-14-28(22)37(27)32-19-26-25-17-18-35-34(33(25)39-31(26)20-36-32)38-29-15-7-3-11-23(29)24-12-4-8-16-30(24)38/h1-20H. The van der Waals surface area contributed by atoms with Crippen molar-refractivity contribution >= 4 is 65.6 Å². The molecule has 0 amide bonds. The third-order valence-corrected chi connectivity index (χ3v) is 7.84. The van der Waals surface area contributed by atoms with E-state index < -0.39 is 0 Å². The first-order valence-corrected chi connectivity index (χ1v) is 13.0. The average molecular weight is 501 g/mol. The fraction of sp³-hybridized carbons (Fsp3) is 0. The first-order chi connectivity index (χ1) is 19.4. The molecule has 5 heterocycles. The zero-order chi connectivity index (χ0) is 25.5. The van der Waals surface area contributed by atoms with Gasteiger partial charge >= 0.3 is 0 Å². The van der Waals surface area contributed by atoms with Crippen molar-refractivity contribution in [3.8, 4) is 11.6 Å². The van der Waals surface area contributed by atoms with E-state index in [1.165, 1.54) is 21.5 Å². The second-order valence-electron chi connectivity index (χ2n) is 9.89. The van der Waals surface area contributed by atoms with E-state index in [0.717, 1.165) is 55.6 Å². The normalized spacial score (nSPS) is 12.1. The van der Waals surface area contributed by atoms with Crippen LogP contribution >= 0.6 is 0 Å². The van der Waals surface area contributed by atoms with Crippen molar-refractivity contribution in [1.82, 2.24) is 19.1 Å². The summed E-state index contributed by atoms with van der Waals surface area (Å²) in [5, 5.41) is 6.84. The number of pyridine rings is 2. The summed E-state index contributed by atoms with van der Waals surface area (Å²) in [6.45, 7) is 0. The molecular formula is C34H20N4O. The van der Waals surface area contributed by atoms with Crippen LogP contribution in [0.5, 0.6) is 0 Å². The van der Waals surface area contributed by atoms with Crippen molar-refractivity contribution in [2.24, 2.45) is 0 Å². The summed E-state index contributed by atoms with van der Waals surface area (Å²) in [5.41, 5.74) is 5.95. The van der Waals surface area contributed by atoms with Crippen molar-refractivity contribution in [2.45, 2.75) is 0 Å². The molecule has 0 bridgehead atoms. The molecule has 9 aromatic rings. The molecule has 0 fully saturated rings. The molecule has 4 aromatic carbocycles. The van der Waals surface area contributed by atoms with Crippen LogP contribution in [-0.4, -0.2) is 19.1 Å². The van der Waals surface area contributed by atoms with E-state index in [1.807, 2.05) is 18.5 Å². The van der Waals surface area contributed by atoms with Crippen LogP contribution in [0.3, 0.4) is 0 Å². The number of furan rings is 1. The van der Waals surface area contributed by atoms with E-state index in [0.29, 0.717) is 0 Å². The van der Waals surface area contributed by atoms with Crippen LogP contribution in [-0.2, 0) is 0 Å². The Labute approximate surface area is 222 Å². The number of para-hydroxylation sites is 4. The first-order valence-electron chi connectivity index (χ1n) is 13.0. The number of aromatic nitrogens is 4. The molecular weight excluding hydrogens is 480 g/mol. The third-order valence-electron chi connectivity index (χ3n) is 7.84. The van der Waals surface area contributed by atoms with Crippen LogP contribution in [0.15, 0.2) is 126 Å². The van der Waals surface area contributed by atoms with E-state index >= 15 is 0 Å². The summed E-state index contributed by atoms with van der Waals surface area (Å²) in [4.78, 5) is 9.72. The summed E-state index contributed by atoms with van der Waals surface area (Å²) in [5.74, 6) is 1.64. The monoisotopic (exact) mass is 500 g/mol. The number of hydrogen-bond donors (Lipinski definition) is 0. The molecule has 182 valence electrons. The topological polar surface area (TPSA) is 48.8 Å². The summed E-state index contributed by atoms with van der Waals surface area (Å²) in [6, 6.07) is 38.0. The average Bonchev–Trinajstić information content (AvgIpc) is 3.65. The van der Waals surface area contributed by atoms with Crippen molar-refractivity contribution in [1.29, 1.82) is 0 Å². The van der Waals surface area contributed by atoms with E-state index in [9.17, 15) is 0 Å². The number of fused-ring (bicyclic) bond motifs is 9. The van der Waals surface area contributed by atoms with Gasteiger partial charge in [0.15, 0.2) is 17.0 Å². The Morgan fingerprint density at radius 2 is 1.00 bits per heavy atom. The van der Waals surface area contributed by atoms with Crippen LogP contribution in [0.2, 0.25) is 0 Å². The van der Waals surface area contributed by atoms with Crippen LogP contribution in [0.1, 0.15) is 0 Å². The molecule has 0 atom stereocenters. The molecule has 0 aliphatic heterocycles. The van der Waals surface area contributed by atoms with Gasteiger partial charge in [-0.3, -0.25) is 9.13 Å². The minimum absolute atomic E-state index is 0.740. The van der Waals surface area contributed by atoms with Crippen LogP contribution in [0, 0.1) is 0 Å². The fourth-order valence-electron chi connectivity index (χ4n) is 6.19. The Bertz CT molecular complexity index is 2300. The van der Waals surface area contributed by atoms with Crippen molar-refractivity contribution in [3.63, 3.8) is 0 Å². The van der Waals surface area contributed by atoms with Gasteiger partial charge in [0.1, 0.15) is 5.82 Å². The van der Waals surface area contributed by atoms with Crippen molar-refractivity contribution in [2.75, 3.05) is 0 Å². The molecule has 9 rings (SSSR count). The lowest BCUT2D eigenvalue weighted by Gasteiger charge is -2.07. The Balaban J connectivity index is 1.34. The van der Waals surface area contributed by atoms with E-state index in [1.54, 1.807) is 0 Å². The maximum Gasteiger partial charge on any atom is 0.181 e. The fourth-order valence-corrected chi connectivity index (χ4v) is 6.19. The largest absolute Gasteiger partial charge is 0.450 e. The lowest BCUT2D eigenvalue weighted by atomic mass is 10.2. The second-order valence-corrected chi connectivity index (χ2v) is 9.89. The first kappa shape index (κ1) is 20.6. The molecule has 0 spiro atoms. The van der Waals surface area contributed by atoms with Crippen LogP contribution < -0.4 is 0 Å². The lowest BCUT2D eigenvalue weighted by Crippen LogP contribution is -1.97. The zero-order valence-corrected chi connectivity index (χ0v) is 20.7. The second kappa shape index (κ2) is 7.55.